The Morgan fingerprint density at radius 3 is 2.89 bits per heavy atom. The number of halogens is 1. The van der Waals surface area contributed by atoms with Crippen molar-refractivity contribution in [1.29, 1.82) is 0 Å². The summed E-state index contributed by atoms with van der Waals surface area (Å²) in [6, 6.07) is -0.273. The lowest BCUT2D eigenvalue weighted by Gasteiger charge is -2.24. The van der Waals surface area contributed by atoms with E-state index in [9.17, 15) is 20.0 Å². The Kier molecular flexibility index (Phi) is 3.72. The predicted molar refractivity (Wildman–Crippen MR) is 68.6 cm³/mol. The molecule has 1 aliphatic rings. The first-order valence-electron chi connectivity index (χ1n) is 5.76. The largest absolute Gasteiger partial charge is 0.413 e. The fourth-order valence-electron chi connectivity index (χ4n) is 2.27. The molecule has 1 fully saturated rings. The Balaban J connectivity index is 2.64. The van der Waals surface area contributed by atoms with Crippen LogP contribution in [-0.4, -0.2) is 39.0 Å². The number of rotatable bonds is 3. The van der Waals surface area contributed by atoms with E-state index in [1.807, 2.05) is 0 Å². The minimum atomic E-state index is -0.673. The van der Waals surface area contributed by atoms with Crippen molar-refractivity contribution in [2.24, 2.45) is 7.05 Å². The zero-order valence-electron chi connectivity index (χ0n) is 10.2. The maximum Gasteiger partial charge on any atom is 0.413 e. The Bertz CT molecular complexity index is 573. The van der Waals surface area contributed by atoms with Crippen LogP contribution in [-0.2, 0) is 7.05 Å². The quantitative estimate of drug-likeness (QED) is 0.634. The predicted octanol–water partition coefficient (Wildman–Crippen LogP) is 0.303. The topological polar surface area (TPSA) is 102 Å². The van der Waals surface area contributed by atoms with Crippen LogP contribution in [0.5, 0.6) is 0 Å². The average Bonchev–Trinajstić information content (AvgIpc) is 2.83. The summed E-state index contributed by atoms with van der Waals surface area (Å²) < 4.78 is 0.841. The number of aromatic nitrogens is 2. The van der Waals surface area contributed by atoms with E-state index in [1.165, 1.54) is 7.05 Å². The highest BCUT2D eigenvalue weighted by Gasteiger charge is 2.34. The Morgan fingerprint density at radius 1 is 1.63 bits per heavy atom. The summed E-state index contributed by atoms with van der Waals surface area (Å²) in [5.41, 5.74) is -0.586. The second kappa shape index (κ2) is 5.14. The highest BCUT2D eigenvalue weighted by atomic mass is 35.5. The molecular formula is C10H13ClN4O4. The molecule has 2 heterocycles. The smallest absolute Gasteiger partial charge is 0.394 e. The third-order valence-electron chi connectivity index (χ3n) is 3.19. The molecule has 1 aromatic rings. The molecule has 0 bridgehead atoms. The second-order valence-corrected chi connectivity index (χ2v) is 4.72. The second-order valence-electron chi connectivity index (χ2n) is 4.34. The number of nitro groups is 1. The molecule has 2 rings (SSSR count). The van der Waals surface area contributed by atoms with E-state index < -0.39 is 16.3 Å². The van der Waals surface area contributed by atoms with Crippen molar-refractivity contribution in [3.63, 3.8) is 0 Å². The maximum absolute atomic E-state index is 11.8. The van der Waals surface area contributed by atoms with Crippen molar-refractivity contribution in [2.45, 2.75) is 18.9 Å². The van der Waals surface area contributed by atoms with E-state index in [0.29, 0.717) is 13.0 Å². The Hall–Kier alpha value is -1.67. The Morgan fingerprint density at radius 2 is 2.32 bits per heavy atom. The number of anilines is 1. The molecular weight excluding hydrogens is 276 g/mol. The molecule has 8 nitrogen and oxygen atoms in total. The molecule has 1 unspecified atom stereocenters. The molecule has 0 saturated carbocycles. The first-order valence-corrected chi connectivity index (χ1v) is 6.14. The summed E-state index contributed by atoms with van der Waals surface area (Å²) >= 11 is 5.95. The Labute approximate surface area is 113 Å². The van der Waals surface area contributed by atoms with Crippen LogP contribution in [0.15, 0.2) is 4.79 Å². The van der Waals surface area contributed by atoms with Gasteiger partial charge in [-0.1, -0.05) is 11.6 Å². The van der Waals surface area contributed by atoms with Gasteiger partial charge in [0.1, 0.15) is 5.02 Å². The molecule has 1 saturated heterocycles. The number of aliphatic hydroxyl groups excluding tert-OH is 1. The summed E-state index contributed by atoms with van der Waals surface area (Å²) in [4.78, 5) is 23.8. The summed E-state index contributed by atoms with van der Waals surface area (Å²) in [5.74, 6) is -0.465. The zero-order chi connectivity index (χ0) is 14.2. The van der Waals surface area contributed by atoms with Crippen LogP contribution in [0.25, 0.3) is 0 Å². The number of nitrogens with zero attached hydrogens (tertiary/aromatic N) is 4. The molecule has 1 aromatic heterocycles. The van der Waals surface area contributed by atoms with Crippen molar-refractivity contribution in [3.8, 4) is 0 Å². The van der Waals surface area contributed by atoms with Crippen molar-refractivity contribution >= 4 is 23.1 Å². The van der Waals surface area contributed by atoms with Gasteiger partial charge in [-0.2, -0.15) is 0 Å². The maximum atomic E-state index is 11.8. The van der Waals surface area contributed by atoms with Crippen LogP contribution in [0.3, 0.4) is 0 Å². The molecule has 1 N–H and O–H groups in total. The van der Waals surface area contributed by atoms with Crippen molar-refractivity contribution in [3.05, 3.63) is 25.5 Å². The first kappa shape index (κ1) is 13.8. The minimum Gasteiger partial charge on any atom is -0.394 e. The monoisotopic (exact) mass is 288 g/mol. The standard InChI is InChI=1S/C10H13ClN4O4/c1-13-10(17)7(11)8(9(12-13)15(18)19)14-4-2-3-6(14)5-16/h6,16H,2-5H2,1H3. The lowest BCUT2D eigenvalue weighted by Crippen LogP contribution is -2.35. The highest BCUT2D eigenvalue weighted by molar-refractivity contribution is 6.33. The molecule has 1 atom stereocenters. The van der Waals surface area contributed by atoms with Crippen LogP contribution >= 0.6 is 11.6 Å². The van der Waals surface area contributed by atoms with E-state index in [4.69, 9.17) is 11.6 Å². The van der Waals surface area contributed by atoms with E-state index in [-0.39, 0.29) is 23.4 Å². The molecule has 0 radical (unpaired) electrons. The zero-order valence-corrected chi connectivity index (χ0v) is 11.0. The van der Waals surface area contributed by atoms with Crippen molar-refractivity contribution in [1.82, 2.24) is 9.78 Å². The molecule has 104 valence electrons. The molecule has 9 heteroatoms. The van der Waals surface area contributed by atoms with Gasteiger partial charge in [0.25, 0.3) is 0 Å². The van der Waals surface area contributed by atoms with Crippen molar-refractivity contribution < 1.29 is 10.0 Å². The van der Waals surface area contributed by atoms with Gasteiger partial charge in [0.2, 0.25) is 0 Å². The number of hydrogen-bond donors (Lipinski definition) is 1. The van der Waals surface area contributed by atoms with Crippen LogP contribution < -0.4 is 10.5 Å². The highest BCUT2D eigenvalue weighted by Crippen LogP contribution is 2.35. The van der Waals surface area contributed by atoms with Crippen LogP contribution in [0.1, 0.15) is 12.8 Å². The van der Waals surface area contributed by atoms with Gasteiger partial charge in [-0.05, 0) is 17.8 Å². The molecule has 0 amide bonds. The lowest BCUT2D eigenvalue weighted by molar-refractivity contribution is -0.389. The molecule has 0 aliphatic carbocycles. The third kappa shape index (κ3) is 2.28. The van der Waals surface area contributed by atoms with Gasteiger partial charge in [0, 0.05) is 6.54 Å². The summed E-state index contributed by atoms with van der Waals surface area (Å²) in [5, 5.41) is 23.8. The van der Waals surface area contributed by atoms with Gasteiger partial charge in [-0.3, -0.25) is 4.79 Å². The summed E-state index contributed by atoms with van der Waals surface area (Å²) in [7, 11) is 1.30. The third-order valence-corrected chi connectivity index (χ3v) is 3.53. The SMILES string of the molecule is Cn1nc([N+](=O)[O-])c(N2CCCC2CO)c(Cl)c1=O. The van der Waals surface area contributed by atoms with Gasteiger partial charge >= 0.3 is 11.4 Å². The van der Waals surface area contributed by atoms with Gasteiger partial charge in [-0.15, -0.1) is 4.68 Å². The molecule has 1 aliphatic heterocycles. The van der Waals surface area contributed by atoms with E-state index in [0.717, 1.165) is 11.1 Å². The van der Waals surface area contributed by atoms with Crippen LogP contribution in [0.4, 0.5) is 11.5 Å². The van der Waals surface area contributed by atoms with Crippen molar-refractivity contribution in [2.75, 3.05) is 18.1 Å². The fraction of sp³-hybridized carbons (Fsp3) is 0.600. The van der Waals surface area contributed by atoms with Crippen LogP contribution in [0, 0.1) is 10.1 Å². The summed E-state index contributed by atoms with van der Waals surface area (Å²) in [6.07, 6.45) is 1.47. The number of aliphatic hydroxyl groups is 1. The fourth-order valence-corrected chi connectivity index (χ4v) is 2.59. The normalized spacial score (nSPS) is 18.9. The van der Waals surface area contributed by atoms with Gasteiger partial charge < -0.3 is 20.1 Å². The molecule has 0 aromatic carbocycles. The van der Waals surface area contributed by atoms with Gasteiger partial charge in [-0.25, -0.2) is 0 Å². The number of aryl methyl sites for hydroxylation is 1. The van der Waals surface area contributed by atoms with Gasteiger partial charge in [0.05, 0.1) is 24.8 Å². The molecule has 19 heavy (non-hydrogen) atoms. The minimum absolute atomic E-state index is 0.00585. The van der Waals surface area contributed by atoms with E-state index in [1.54, 1.807) is 4.90 Å². The van der Waals surface area contributed by atoms with E-state index in [2.05, 4.69) is 5.10 Å². The van der Waals surface area contributed by atoms with Gasteiger partial charge in [0.15, 0.2) is 5.69 Å². The number of hydrogen-bond acceptors (Lipinski definition) is 6. The molecule has 0 spiro atoms. The average molecular weight is 289 g/mol. The first-order chi connectivity index (χ1) is 8.97. The van der Waals surface area contributed by atoms with E-state index >= 15 is 0 Å². The lowest BCUT2D eigenvalue weighted by atomic mass is 10.2. The summed E-state index contributed by atoms with van der Waals surface area (Å²) in [6.45, 7) is 0.351. The van der Waals surface area contributed by atoms with Crippen LogP contribution in [0.2, 0.25) is 5.02 Å².